The smallest absolute Gasteiger partial charge is 0.126 e. The number of benzene rings is 2. The standard InChI is InChI=1S/C15H15F2NO/c1-9-7-12(4-5-14(9)17)18-10(2)13-8-11(16)3-6-15(13)19/h3-8,10,18-19H,1-2H3. The number of halogens is 2. The van der Waals surface area contributed by atoms with Crippen molar-refractivity contribution in [2.24, 2.45) is 0 Å². The van der Waals surface area contributed by atoms with Crippen LogP contribution in [0.2, 0.25) is 0 Å². The van der Waals surface area contributed by atoms with Gasteiger partial charge in [0, 0.05) is 11.3 Å². The van der Waals surface area contributed by atoms with Crippen LogP contribution in [0.25, 0.3) is 0 Å². The van der Waals surface area contributed by atoms with Crippen LogP contribution in [0.4, 0.5) is 14.5 Å². The highest BCUT2D eigenvalue weighted by Crippen LogP contribution is 2.28. The molecule has 100 valence electrons. The van der Waals surface area contributed by atoms with Gasteiger partial charge in [-0.05, 0) is 55.8 Å². The predicted molar refractivity (Wildman–Crippen MR) is 71.2 cm³/mol. The number of hydrogen-bond acceptors (Lipinski definition) is 2. The van der Waals surface area contributed by atoms with E-state index in [4.69, 9.17) is 0 Å². The van der Waals surface area contributed by atoms with E-state index in [9.17, 15) is 13.9 Å². The zero-order valence-corrected chi connectivity index (χ0v) is 10.7. The van der Waals surface area contributed by atoms with Gasteiger partial charge in [-0.2, -0.15) is 0 Å². The van der Waals surface area contributed by atoms with Crippen LogP contribution in [0.5, 0.6) is 5.75 Å². The van der Waals surface area contributed by atoms with Crippen LogP contribution < -0.4 is 5.32 Å². The number of aryl methyl sites for hydroxylation is 1. The molecule has 2 aromatic carbocycles. The van der Waals surface area contributed by atoms with Crippen molar-refractivity contribution < 1.29 is 13.9 Å². The number of anilines is 1. The van der Waals surface area contributed by atoms with E-state index in [1.165, 1.54) is 24.3 Å². The Bertz CT molecular complexity index is 599. The van der Waals surface area contributed by atoms with Crippen LogP contribution >= 0.6 is 0 Å². The van der Waals surface area contributed by atoms with E-state index in [-0.39, 0.29) is 17.6 Å². The highest BCUT2D eigenvalue weighted by atomic mass is 19.1. The van der Waals surface area contributed by atoms with E-state index in [0.29, 0.717) is 11.1 Å². The molecular weight excluding hydrogens is 248 g/mol. The van der Waals surface area contributed by atoms with Crippen LogP contribution in [-0.2, 0) is 0 Å². The van der Waals surface area contributed by atoms with Gasteiger partial charge < -0.3 is 10.4 Å². The third-order valence-corrected chi connectivity index (χ3v) is 3.00. The first-order valence-electron chi connectivity index (χ1n) is 5.98. The molecular formula is C15H15F2NO. The molecule has 0 saturated carbocycles. The fraction of sp³-hybridized carbons (Fsp3) is 0.200. The molecule has 2 rings (SSSR count). The molecule has 0 aromatic heterocycles. The van der Waals surface area contributed by atoms with Crippen LogP contribution in [0.1, 0.15) is 24.1 Å². The molecule has 0 aliphatic heterocycles. The topological polar surface area (TPSA) is 32.3 Å². The lowest BCUT2D eigenvalue weighted by Gasteiger charge is -2.17. The summed E-state index contributed by atoms with van der Waals surface area (Å²) in [4.78, 5) is 0. The number of hydrogen-bond donors (Lipinski definition) is 2. The van der Waals surface area contributed by atoms with Gasteiger partial charge in [-0.15, -0.1) is 0 Å². The summed E-state index contributed by atoms with van der Waals surface area (Å²) < 4.78 is 26.3. The summed E-state index contributed by atoms with van der Waals surface area (Å²) in [6, 6.07) is 8.16. The molecule has 1 atom stereocenters. The van der Waals surface area contributed by atoms with Gasteiger partial charge in [-0.1, -0.05) is 0 Å². The molecule has 19 heavy (non-hydrogen) atoms. The molecule has 1 unspecified atom stereocenters. The summed E-state index contributed by atoms with van der Waals surface area (Å²) in [7, 11) is 0. The fourth-order valence-corrected chi connectivity index (χ4v) is 1.93. The maximum absolute atomic E-state index is 13.2. The first-order chi connectivity index (χ1) is 8.97. The molecule has 0 aliphatic rings. The first-order valence-corrected chi connectivity index (χ1v) is 5.98. The second kappa shape index (κ2) is 5.26. The molecule has 0 radical (unpaired) electrons. The van der Waals surface area contributed by atoms with E-state index in [0.717, 1.165) is 5.69 Å². The Hall–Kier alpha value is -2.10. The summed E-state index contributed by atoms with van der Waals surface area (Å²) in [6.45, 7) is 3.47. The van der Waals surface area contributed by atoms with E-state index in [2.05, 4.69) is 5.32 Å². The lowest BCUT2D eigenvalue weighted by Crippen LogP contribution is -2.07. The van der Waals surface area contributed by atoms with Gasteiger partial charge in [0.25, 0.3) is 0 Å². The minimum absolute atomic E-state index is 0.0280. The molecule has 0 fully saturated rings. The average Bonchev–Trinajstić information content (AvgIpc) is 2.36. The number of rotatable bonds is 3. The van der Waals surface area contributed by atoms with Crippen LogP contribution in [0, 0.1) is 18.6 Å². The normalized spacial score (nSPS) is 12.2. The third kappa shape index (κ3) is 3.02. The molecule has 0 saturated heterocycles. The van der Waals surface area contributed by atoms with Crippen molar-refractivity contribution in [2.45, 2.75) is 19.9 Å². The van der Waals surface area contributed by atoms with Crippen molar-refractivity contribution >= 4 is 5.69 Å². The molecule has 0 amide bonds. The highest BCUT2D eigenvalue weighted by Gasteiger charge is 2.11. The zero-order chi connectivity index (χ0) is 14.0. The molecule has 0 heterocycles. The Morgan fingerprint density at radius 1 is 1.11 bits per heavy atom. The van der Waals surface area contributed by atoms with Crippen LogP contribution in [-0.4, -0.2) is 5.11 Å². The summed E-state index contributed by atoms with van der Waals surface area (Å²) in [6.07, 6.45) is 0. The van der Waals surface area contributed by atoms with Crippen LogP contribution in [0.3, 0.4) is 0 Å². The monoisotopic (exact) mass is 263 g/mol. The molecule has 0 bridgehead atoms. The third-order valence-electron chi connectivity index (χ3n) is 3.00. The van der Waals surface area contributed by atoms with Gasteiger partial charge >= 0.3 is 0 Å². The van der Waals surface area contributed by atoms with E-state index in [1.807, 2.05) is 0 Å². The van der Waals surface area contributed by atoms with E-state index >= 15 is 0 Å². The molecule has 4 heteroatoms. The average molecular weight is 263 g/mol. The Balaban J connectivity index is 2.22. The van der Waals surface area contributed by atoms with Gasteiger partial charge in [0.05, 0.1) is 6.04 Å². The second-order valence-corrected chi connectivity index (χ2v) is 4.53. The van der Waals surface area contributed by atoms with Gasteiger partial charge in [0.1, 0.15) is 17.4 Å². The molecule has 0 spiro atoms. The zero-order valence-electron chi connectivity index (χ0n) is 10.7. The molecule has 2 nitrogen and oxygen atoms in total. The largest absolute Gasteiger partial charge is 0.508 e. The van der Waals surface area contributed by atoms with Crippen molar-refractivity contribution in [1.29, 1.82) is 0 Å². The van der Waals surface area contributed by atoms with E-state index < -0.39 is 5.82 Å². The summed E-state index contributed by atoms with van der Waals surface area (Å²) >= 11 is 0. The fourth-order valence-electron chi connectivity index (χ4n) is 1.93. The summed E-state index contributed by atoms with van der Waals surface area (Å²) in [5, 5.41) is 12.8. The number of aromatic hydroxyl groups is 1. The molecule has 0 aliphatic carbocycles. The highest BCUT2D eigenvalue weighted by molar-refractivity contribution is 5.49. The minimum Gasteiger partial charge on any atom is -0.508 e. The molecule has 2 aromatic rings. The van der Waals surface area contributed by atoms with Crippen molar-refractivity contribution in [1.82, 2.24) is 0 Å². The quantitative estimate of drug-likeness (QED) is 0.871. The predicted octanol–water partition coefficient (Wildman–Crippen LogP) is 4.15. The first kappa shape index (κ1) is 13.3. The second-order valence-electron chi connectivity index (χ2n) is 4.53. The maximum atomic E-state index is 13.2. The Kier molecular flexibility index (Phi) is 3.69. The maximum Gasteiger partial charge on any atom is 0.126 e. The Morgan fingerprint density at radius 3 is 2.53 bits per heavy atom. The minimum atomic E-state index is -0.406. The summed E-state index contributed by atoms with van der Waals surface area (Å²) in [5.74, 6) is -0.649. The van der Waals surface area contributed by atoms with Crippen molar-refractivity contribution in [2.75, 3.05) is 5.32 Å². The van der Waals surface area contributed by atoms with Gasteiger partial charge in [-0.25, -0.2) is 8.78 Å². The Morgan fingerprint density at radius 2 is 1.84 bits per heavy atom. The van der Waals surface area contributed by atoms with Crippen molar-refractivity contribution in [3.8, 4) is 5.75 Å². The SMILES string of the molecule is Cc1cc(NC(C)c2cc(F)ccc2O)ccc1F. The van der Waals surface area contributed by atoms with Crippen molar-refractivity contribution in [3.63, 3.8) is 0 Å². The van der Waals surface area contributed by atoms with Gasteiger partial charge in [0.2, 0.25) is 0 Å². The van der Waals surface area contributed by atoms with Crippen LogP contribution in [0.15, 0.2) is 36.4 Å². The number of phenolic OH excluding ortho intramolecular Hbond substituents is 1. The number of nitrogens with one attached hydrogen (secondary N) is 1. The lowest BCUT2D eigenvalue weighted by atomic mass is 10.1. The van der Waals surface area contributed by atoms with Crippen molar-refractivity contribution in [3.05, 3.63) is 59.2 Å². The number of phenols is 1. The molecule has 2 N–H and O–H groups in total. The Labute approximate surface area is 110 Å². The van der Waals surface area contributed by atoms with Gasteiger partial charge in [-0.3, -0.25) is 0 Å². The van der Waals surface area contributed by atoms with Gasteiger partial charge in [0.15, 0.2) is 0 Å². The lowest BCUT2D eigenvalue weighted by molar-refractivity contribution is 0.462. The summed E-state index contributed by atoms with van der Waals surface area (Å²) in [5.41, 5.74) is 1.71. The van der Waals surface area contributed by atoms with E-state index in [1.54, 1.807) is 26.0 Å².